The van der Waals surface area contributed by atoms with Crippen LogP contribution in [0.5, 0.6) is 0 Å². The molecule has 2 aromatic rings. The number of pyridine rings is 1. The monoisotopic (exact) mass is 243 g/mol. The summed E-state index contributed by atoms with van der Waals surface area (Å²) in [5.74, 6) is 1.47. The molecule has 0 saturated heterocycles. The van der Waals surface area contributed by atoms with Gasteiger partial charge in [0, 0.05) is 37.1 Å². The zero-order valence-corrected chi connectivity index (χ0v) is 10.6. The van der Waals surface area contributed by atoms with Gasteiger partial charge in [-0.25, -0.2) is 4.98 Å². The highest BCUT2D eigenvalue weighted by atomic mass is 15.1. The molecule has 0 fully saturated rings. The van der Waals surface area contributed by atoms with E-state index < -0.39 is 0 Å². The average molecular weight is 243 g/mol. The van der Waals surface area contributed by atoms with Crippen LogP contribution in [-0.2, 0) is 0 Å². The molecule has 0 spiro atoms. The smallest absolute Gasteiger partial charge is 0.225 e. The first-order valence-corrected chi connectivity index (χ1v) is 6.10. The lowest BCUT2D eigenvalue weighted by Gasteiger charge is -2.09. The standard InChI is InChI=1S/C13H17N5/c1-3-15-12-9-11(10-5-7-14-8-6-10)17-13(18-12)16-4-2/h5-9H,3-4H2,1-2H3,(H2,15,16,17,18). The zero-order chi connectivity index (χ0) is 12.8. The predicted molar refractivity (Wildman–Crippen MR) is 73.6 cm³/mol. The molecule has 2 rings (SSSR count). The Morgan fingerprint density at radius 2 is 1.72 bits per heavy atom. The Hall–Kier alpha value is -2.17. The quantitative estimate of drug-likeness (QED) is 0.844. The summed E-state index contributed by atoms with van der Waals surface area (Å²) in [6, 6.07) is 5.82. The van der Waals surface area contributed by atoms with Crippen LogP contribution < -0.4 is 10.6 Å². The van der Waals surface area contributed by atoms with Gasteiger partial charge in [-0.15, -0.1) is 0 Å². The Bertz CT molecular complexity index is 474. The van der Waals surface area contributed by atoms with Crippen molar-refractivity contribution >= 4 is 11.8 Å². The number of anilines is 2. The largest absolute Gasteiger partial charge is 0.370 e. The minimum atomic E-state index is 0.641. The van der Waals surface area contributed by atoms with Gasteiger partial charge in [0.15, 0.2) is 0 Å². The maximum absolute atomic E-state index is 4.49. The number of hydrogen-bond donors (Lipinski definition) is 2. The van der Waals surface area contributed by atoms with Crippen LogP contribution in [0.2, 0.25) is 0 Å². The molecule has 2 aromatic heterocycles. The van der Waals surface area contributed by atoms with Gasteiger partial charge in [-0.2, -0.15) is 4.98 Å². The van der Waals surface area contributed by atoms with Crippen molar-refractivity contribution in [2.45, 2.75) is 13.8 Å². The molecule has 2 N–H and O–H groups in total. The van der Waals surface area contributed by atoms with E-state index in [1.807, 2.05) is 32.0 Å². The fourth-order valence-electron chi connectivity index (χ4n) is 1.63. The highest BCUT2D eigenvalue weighted by Crippen LogP contribution is 2.20. The number of rotatable bonds is 5. The van der Waals surface area contributed by atoms with Gasteiger partial charge >= 0.3 is 0 Å². The van der Waals surface area contributed by atoms with Crippen LogP contribution in [0.4, 0.5) is 11.8 Å². The van der Waals surface area contributed by atoms with Gasteiger partial charge in [0.05, 0.1) is 5.69 Å². The van der Waals surface area contributed by atoms with Gasteiger partial charge in [-0.3, -0.25) is 4.98 Å². The van der Waals surface area contributed by atoms with Gasteiger partial charge in [0.1, 0.15) is 5.82 Å². The van der Waals surface area contributed by atoms with Gasteiger partial charge in [0.2, 0.25) is 5.95 Å². The normalized spacial score (nSPS) is 10.1. The Labute approximate surface area is 107 Å². The Morgan fingerprint density at radius 3 is 2.39 bits per heavy atom. The molecular weight excluding hydrogens is 226 g/mol. The third-order valence-corrected chi connectivity index (χ3v) is 2.40. The molecule has 5 nitrogen and oxygen atoms in total. The van der Waals surface area contributed by atoms with Gasteiger partial charge < -0.3 is 10.6 Å². The molecule has 0 atom stereocenters. The van der Waals surface area contributed by atoms with Crippen molar-refractivity contribution in [2.75, 3.05) is 23.7 Å². The molecular formula is C13H17N5. The van der Waals surface area contributed by atoms with Crippen LogP contribution in [0.1, 0.15) is 13.8 Å². The van der Waals surface area contributed by atoms with Crippen LogP contribution in [0, 0.1) is 0 Å². The van der Waals surface area contributed by atoms with Crippen molar-refractivity contribution in [3.63, 3.8) is 0 Å². The van der Waals surface area contributed by atoms with E-state index >= 15 is 0 Å². The maximum Gasteiger partial charge on any atom is 0.225 e. The zero-order valence-electron chi connectivity index (χ0n) is 10.6. The lowest BCUT2D eigenvalue weighted by molar-refractivity contribution is 1.07. The third-order valence-electron chi connectivity index (χ3n) is 2.40. The maximum atomic E-state index is 4.49. The van der Waals surface area contributed by atoms with Crippen molar-refractivity contribution in [1.29, 1.82) is 0 Å². The molecule has 2 heterocycles. The molecule has 0 saturated carbocycles. The first kappa shape index (κ1) is 12.3. The van der Waals surface area contributed by atoms with E-state index in [-0.39, 0.29) is 0 Å². The third kappa shape index (κ3) is 2.94. The lowest BCUT2D eigenvalue weighted by Crippen LogP contribution is -2.07. The molecule has 5 heteroatoms. The van der Waals surface area contributed by atoms with Gasteiger partial charge in [0.25, 0.3) is 0 Å². The molecule has 0 unspecified atom stereocenters. The summed E-state index contributed by atoms with van der Waals surface area (Å²) >= 11 is 0. The minimum absolute atomic E-state index is 0.641. The van der Waals surface area contributed by atoms with Crippen molar-refractivity contribution in [3.05, 3.63) is 30.6 Å². The number of nitrogens with one attached hydrogen (secondary N) is 2. The molecule has 0 aliphatic rings. The number of aromatic nitrogens is 3. The number of nitrogens with zero attached hydrogens (tertiary/aromatic N) is 3. The van der Waals surface area contributed by atoms with Crippen LogP contribution in [0.3, 0.4) is 0 Å². The summed E-state index contributed by atoms with van der Waals surface area (Å²) in [6.45, 7) is 5.69. The minimum Gasteiger partial charge on any atom is -0.370 e. The summed E-state index contributed by atoms with van der Waals surface area (Å²) in [6.07, 6.45) is 3.52. The predicted octanol–water partition coefficient (Wildman–Crippen LogP) is 2.40. The first-order chi connectivity index (χ1) is 8.83. The second kappa shape index (κ2) is 5.95. The molecule has 18 heavy (non-hydrogen) atoms. The molecule has 0 amide bonds. The van der Waals surface area contributed by atoms with E-state index in [2.05, 4.69) is 25.6 Å². The molecule has 94 valence electrons. The Kier molecular flexibility index (Phi) is 4.06. The molecule has 0 aliphatic heterocycles. The van der Waals surface area contributed by atoms with Crippen LogP contribution >= 0.6 is 0 Å². The number of hydrogen-bond acceptors (Lipinski definition) is 5. The molecule has 0 aliphatic carbocycles. The van der Waals surface area contributed by atoms with Crippen molar-refractivity contribution < 1.29 is 0 Å². The van der Waals surface area contributed by atoms with Crippen LogP contribution in [0.15, 0.2) is 30.6 Å². The topological polar surface area (TPSA) is 62.7 Å². The van der Waals surface area contributed by atoms with Crippen molar-refractivity contribution in [1.82, 2.24) is 15.0 Å². The van der Waals surface area contributed by atoms with E-state index in [0.29, 0.717) is 5.95 Å². The van der Waals surface area contributed by atoms with Gasteiger partial charge in [-0.05, 0) is 26.0 Å². The van der Waals surface area contributed by atoms with E-state index in [9.17, 15) is 0 Å². The van der Waals surface area contributed by atoms with Gasteiger partial charge in [-0.1, -0.05) is 0 Å². The lowest BCUT2D eigenvalue weighted by atomic mass is 10.2. The summed E-state index contributed by atoms with van der Waals surface area (Å²) < 4.78 is 0. The Morgan fingerprint density at radius 1 is 1.00 bits per heavy atom. The molecule has 0 radical (unpaired) electrons. The highest BCUT2D eigenvalue weighted by Gasteiger charge is 2.05. The SMILES string of the molecule is CCNc1cc(-c2ccncc2)nc(NCC)n1. The second-order valence-corrected chi connectivity index (χ2v) is 3.76. The first-order valence-electron chi connectivity index (χ1n) is 6.10. The molecule has 0 bridgehead atoms. The highest BCUT2D eigenvalue weighted by molar-refractivity contribution is 5.63. The van der Waals surface area contributed by atoms with E-state index in [1.54, 1.807) is 12.4 Å². The summed E-state index contributed by atoms with van der Waals surface area (Å²) in [5.41, 5.74) is 1.92. The van der Waals surface area contributed by atoms with Crippen molar-refractivity contribution in [3.8, 4) is 11.3 Å². The van der Waals surface area contributed by atoms with Crippen LogP contribution in [-0.4, -0.2) is 28.0 Å². The average Bonchev–Trinajstić information content (AvgIpc) is 2.40. The van der Waals surface area contributed by atoms with E-state index in [0.717, 1.165) is 30.2 Å². The Balaban J connectivity index is 2.39. The fraction of sp³-hybridized carbons (Fsp3) is 0.308. The fourth-order valence-corrected chi connectivity index (χ4v) is 1.63. The summed E-state index contributed by atoms with van der Waals surface area (Å²) in [4.78, 5) is 12.9. The summed E-state index contributed by atoms with van der Waals surface area (Å²) in [7, 11) is 0. The van der Waals surface area contributed by atoms with E-state index in [4.69, 9.17) is 0 Å². The second-order valence-electron chi connectivity index (χ2n) is 3.76. The van der Waals surface area contributed by atoms with Crippen LogP contribution in [0.25, 0.3) is 11.3 Å². The van der Waals surface area contributed by atoms with Crippen molar-refractivity contribution in [2.24, 2.45) is 0 Å². The van der Waals surface area contributed by atoms with E-state index in [1.165, 1.54) is 0 Å². The molecule has 0 aromatic carbocycles. The summed E-state index contributed by atoms with van der Waals surface area (Å²) in [5, 5.41) is 6.35.